The van der Waals surface area contributed by atoms with Gasteiger partial charge in [0, 0.05) is 31.1 Å². The highest BCUT2D eigenvalue weighted by Crippen LogP contribution is 2.38. The average Bonchev–Trinajstić information content (AvgIpc) is 2.93. The van der Waals surface area contributed by atoms with Crippen molar-refractivity contribution in [3.63, 3.8) is 0 Å². The average molecular weight is 250 g/mol. The fourth-order valence-corrected chi connectivity index (χ4v) is 2.79. The first-order valence-electron chi connectivity index (χ1n) is 6.66. The number of aryl methyl sites for hydroxylation is 1. The Hall–Kier alpha value is -1.36. The van der Waals surface area contributed by atoms with E-state index in [-0.39, 0.29) is 11.9 Å². The summed E-state index contributed by atoms with van der Waals surface area (Å²) in [6.45, 7) is 2.89. The summed E-state index contributed by atoms with van der Waals surface area (Å²) in [6, 6.07) is 1.98. The summed E-state index contributed by atoms with van der Waals surface area (Å²) in [5, 5.41) is 6.83. The van der Waals surface area contributed by atoms with Crippen molar-refractivity contribution in [3.8, 4) is 0 Å². The molecule has 1 aromatic heterocycles. The third kappa shape index (κ3) is 2.03. The lowest BCUT2D eigenvalue weighted by atomic mass is 9.76. The molecule has 2 aliphatic rings. The van der Waals surface area contributed by atoms with Gasteiger partial charge in [-0.15, -0.1) is 0 Å². The van der Waals surface area contributed by atoms with Gasteiger partial charge in [-0.3, -0.25) is 4.79 Å². The number of carbonyl (C=O) groups is 1. The molecular formula is C13H18N2O3. The SMILES string of the molecule is CCCc1cc(C(=O)N[C@@H]2C[C@H]3OCC[C@@H]23)no1. The molecule has 1 aliphatic carbocycles. The zero-order valence-corrected chi connectivity index (χ0v) is 10.5. The molecule has 98 valence electrons. The van der Waals surface area contributed by atoms with Crippen LogP contribution in [0.2, 0.25) is 0 Å². The molecule has 1 amide bonds. The summed E-state index contributed by atoms with van der Waals surface area (Å²) < 4.78 is 10.6. The van der Waals surface area contributed by atoms with Gasteiger partial charge in [0.15, 0.2) is 5.69 Å². The Balaban J connectivity index is 1.57. The number of amides is 1. The first-order chi connectivity index (χ1) is 8.78. The Kier molecular flexibility index (Phi) is 3.07. The van der Waals surface area contributed by atoms with Crippen molar-refractivity contribution in [3.05, 3.63) is 17.5 Å². The lowest BCUT2D eigenvalue weighted by molar-refractivity contribution is 0.00798. The van der Waals surface area contributed by atoms with Crippen LogP contribution in [0.5, 0.6) is 0 Å². The van der Waals surface area contributed by atoms with Crippen LogP contribution < -0.4 is 5.32 Å². The van der Waals surface area contributed by atoms with E-state index in [4.69, 9.17) is 9.26 Å². The van der Waals surface area contributed by atoms with Gasteiger partial charge >= 0.3 is 0 Å². The second-order valence-electron chi connectivity index (χ2n) is 5.11. The van der Waals surface area contributed by atoms with Crippen LogP contribution in [-0.2, 0) is 11.2 Å². The highest BCUT2D eigenvalue weighted by Gasteiger charge is 2.45. The van der Waals surface area contributed by atoms with Crippen molar-refractivity contribution in [2.24, 2.45) is 5.92 Å². The van der Waals surface area contributed by atoms with Gasteiger partial charge in [-0.05, 0) is 19.3 Å². The van der Waals surface area contributed by atoms with E-state index in [9.17, 15) is 4.79 Å². The maximum atomic E-state index is 12.0. The Morgan fingerprint density at radius 3 is 3.28 bits per heavy atom. The van der Waals surface area contributed by atoms with E-state index >= 15 is 0 Å². The second-order valence-corrected chi connectivity index (χ2v) is 5.11. The molecular weight excluding hydrogens is 232 g/mol. The fourth-order valence-electron chi connectivity index (χ4n) is 2.79. The van der Waals surface area contributed by atoms with Crippen LogP contribution >= 0.6 is 0 Å². The molecule has 0 aromatic carbocycles. The van der Waals surface area contributed by atoms with Crippen molar-refractivity contribution in [1.29, 1.82) is 0 Å². The fraction of sp³-hybridized carbons (Fsp3) is 0.692. The third-order valence-corrected chi connectivity index (χ3v) is 3.87. The number of nitrogens with zero attached hydrogens (tertiary/aromatic N) is 1. The molecule has 1 N–H and O–H groups in total. The van der Waals surface area contributed by atoms with Gasteiger partial charge in [-0.1, -0.05) is 12.1 Å². The molecule has 1 aliphatic heterocycles. The minimum Gasteiger partial charge on any atom is -0.378 e. The van der Waals surface area contributed by atoms with Crippen molar-refractivity contribution in [2.45, 2.75) is 44.8 Å². The van der Waals surface area contributed by atoms with E-state index in [0.29, 0.717) is 17.7 Å². The van der Waals surface area contributed by atoms with E-state index in [0.717, 1.165) is 38.1 Å². The Bertz CT molecular complexity index is 443. The van der Waals surface area contributed by atoms with E-state index in [1.54, 1.807) is 6.07 Å². The maximum Gasteiger partial charge on any atom is 0.273 e. The minimum atomic E-state index is -0.128. The van der Waals surface area contributed by atoms with Gasteiger partial charge in [0.05, 0.1) is 6.10 Å². The summed E-state index contributed by atoms with van der Waals surface area (Å²) in [6.07, 6.45) is 4.15. The summed E-state index contributed by atoms with van der Waals surface area (Å²) in [5.74, 6) is 1.14. The molecule has 0 unspecified atom stereocenters. The molecule has 2 heterocycles. The minimum absolute atomic E-state index is 0.128. The number of hydrogen-bond donors (Lipinski definition) is 1. The lowest BCUT2D eigenvalue weighted by Gasteiger charge is -2.39. The normalized spacial score (nSPS) is 29.7. The van der Waals surface area contributed by atoms with Crippen LogP contribution in [0.3, 0.4) is 0 Å². The Labute approximate surface area is 106 Å². The van der Waals surface area contributed by atoms with Crippen LogP contribution in [0.15, 0.2) is 10.6 Å². The summed E-state index contributed by atoms with van der Waals surface area (Å²) in [7, 11) is 0. The van der Waals surface area contributed by atoms with Crippen molar-refractivity contribution in [1.82, 2.24) is 10.5 Å². The molecule has 0 spiro atoms. The van der Waals surface area contributed by atoms with Crippen molar-refractivity contribution >= 4 is 5.91 Å². The van der Waals surface area contributed by atoms with Crippen molar-refractivity contribution < 1.29 is 14.1 Å². The molecule has 3 rings (SSSR count). The largest absolute Gasteiger partial charge is 0.378 e. The molecule has 1 saturated heterocycles. The first-order valence-corrected chi connectivity index (χ1v) is 6.66. The quantitative estimate of drug-likeness (QED) is 0.880. The number of ether oxygens (including phenoxy) is 1. The maximum absolute atomic E-state index is 12.0. The Morgan fingerprint density at radius 1 is 1.61 bits per heavy atom. The number of fused-ring (bicyclic) bond motifs is 1. The molecule has 1 saturated carbocycles. The van der Waals surface area contributed by atoms with Gasteiger partial charge in [0.1, 0.15) is 5.76 Å². The molecule has 0 radical (unpaired) electrons. The van der Waals surface area contributed by atoms with Crippen LogP contribution in [-0.4, -0.2) is 29.8 Å². The molecule has 5 heteroatoms. The summed E-state index contributed by atoms with van der Waals surface area (Å²) in [5.41, 5.74) is 0.390. The van der Waals surface area contributed by atoms with Crippen LogP contribution in [0.4, 0.5) is 0 Å². The number of aromatic nitrogens is 1. The highest BCUT2D eigenvalue weighted by atomic mass is 16.5. The summed E-state index contributed by atoms with van der Waals surface area (Å²) in [4.78, 5) is 12.0. The molecule has 0 bridgehead atoms. The van der Waals surface area contributed by atoms with Crippen LogP contribution in [0, 0.1) is 5.92 Å². The lowest BCUT2D eigenvalue weighted by Crippen LogP contribution is -2.53. The van der Waals surface area contributed by atoms with Crippen LogP contribution in [0.25, 0.3) is 0 Å². The number of hydrogen-bond acceptors (Lipinski definition) is 4. The highest BCUT2D eigenvalue weighted by molar-refractivity contribution is 5.92. The second kappa shape index (κ2) is 4.72. The van der Waals surface area contributed by atoms with Gasteiger partial charge in [-0.2, -0.15) is 0 Å². The standard InChI is InChI=1S/C13H18N2O3/c1-2-3-8-6-11(15-18-8)13(16)14-10-7-12-9(10)4-5-17-12/h6,9-10,12H,2-5,7H2,1H3,(H,14,16)/t9-,10+,12+/m0/s1. The molecule has 2 fully saturated rings. The predicted octanol–water partition coefficient (Wildman–Crippen LogP) is 1.53. The van der Waals surface area contributed by atoms with Gasteiger partial charge in [0.2, 0.25) is 0 Å². The number of rotatable bonds is 4. The third-order valence-electron chi connectivity index (χ3n) is 3.87. The molecule has 18 heavy (non-hydrogen) atoms. The van der Waals surface area contributed by atoms with Crippen molar-refractivity contribution in [2.75, 3.05) is 6.61 Å². The zero-order chi connectivity index (χ0) is 12.5. The molecule has 1 aromatic rings. The number of carbonyl (C=O) groups excluding carboxylic acids is 1. The monoisotopic (exact) mass is 250 g/mol. The molecule has 5 nitrogen and oxygen atoms in total. The topological polar surface area (TPSA) is 64.4 Å². The first kappa shape index (κ1) is 11.7. The van der Waals surface area contributed by atoms with Gasteiger partial charge < -0.3 is 14.6 Å². The zero-order valence-electron chi connectivity index (χ0n) is 10.5. The number of nitrogens with one attached hydrogen (secondary N) is 1. The van der Waals surface area contributed by atoms with E-state index < -0.39 is 0 Å². The van der Waals surface area contributed by atoms with Gasteiger partial charge in [-0.25, -0.2) is 0 Å². The van der Waals surface area contributed by atoms with Gasteiger partial charge in [0.25, 0.3) is 5.91 Å². The Morgan fingerprint density at radius 2 is 2.50 bits per heavy atom. The molecule has 3 atom stereocenters. The van der Waals surface area contributed by atoms with E-state index in [1.807, 2.05) is 0 Å². The predicted molar refractivity (Wildman–Crippen MR) is 64.2 cm³/mol. The van der Waals surface area contributed by atoms with E-state index in [2.05, 4.69) is 17.4 Å². The summed E-state index contributed by atoms with van der Waals surface area (Å²) >= 11 is 0. The smallest absolute Gasteiger partial charge is 0.273 e. The van der Waals surface area contributed by atoms with E-state index in [1.165, 1.54) is 0 Å². The van der Waals surface area contributed by atoms with Crippen LogP contribution in [0.1, 0.15) is 42.4 Å².